The normalized spacial score (nSPS) is 25.1. The lowest BCUT2D eigenvalue weighted by molar-refractivity contribution is -0.119. The maximum absolute atomic E-state index is 11.0. The molecule has 2 nitrogen and oxygen atoms in total. The van der Waals surface area contributed by atoms with Crippen LogP contribution in [0.5, 0.6) is 0 Å². The Morgan fingerprint density at radius 3 is 2.69 bits per heavy atom. The Kier molecular flexibility index (Phi) is 3.60. The fraction of sp³-hybridized carbons (Fsp3) is 0.500. The zero-order chi connectivity index (χ0) is 11.4. The zero-order valence-corrected chi connectivity index (χ0v) is 9.78. The molecule has 0 heterocycles. The van der Waals surface area contributed by atoms with Gasteiger partial charge in [-0.25, -0.2) is 0 Å². The van der Waals surface area contributed by atoms with Crippen LogP contribution in [0.2, 0.25) is 0 Å². The number of hydrogen-bond donors (Lipinski definition) is 1. The summed E-state index contributed by atoms with van der Waals surface area (Å²) < 4.78 is 0. The first-order chi connectivity index (χ1) is 7.75. The first-order valence-electron chi connectivity index (χ1n) is 6.08. The highest BCUT2D eigenvalue weighted by Gasteiger charge is 2.23. The summed E-state index contributed by atoms with van der Waals surface area (Å²) in [5.74, 6) is 0.713. The topological polar surface area (TPSA) is 29.1 Å². The Hall–Kier alpha value is -1.31. The summed E-state index contributed by atoms with van der Waals surface area (Å²) in [5.41, 5.74) is 1.41. The Labute approximate surface area is 97.1 Å². The van der Waals surface area contributed by atoms with Gasteiger partial charge in [-0.15, -0.1) is 0 Å². The molecule has 0 aromatic heterocycles. The summed E-state index contributed by atoms with van der Waals surface area (Å²) in [4.78, 5) is 11.0. The second-order valence-corrected chi connectivity index (χ2v) is 4.67. The lowest BCUT2D eigenvalue weighted by atomic mass is 9.81. The Balaban J connectivity index is 1.99. The monoisotopic (exact) mass is 217 g/mol. The second-order valence-electron chi connectivity index (χ2n) is 4.67. The van der Waals surface area contributed by atoms with Gasteiger partial charge in [-0.3, -0.25) is 4.79 Å². The Bertz CT molecular complexity index is 347. The van der Waals surface area contributed by atoms with Gasteiger partial charge in [-0.1, -0.05) is 36.8 Å². The summed E-state index contributed by atoms with van der Waals surface area (Å²) in [6.45, 7) is 1.60. The van der Waals surface area contributed by atoms with Gasteiger partial charge >= 0.3 is 0 Å². The fourth-order valence-electron chi connectivity index (χ4n) is 2.64. The molecule has 86 valence electrons. The zero-order valence-electron chi connectivity index (χ0n) is 9.78. The molecule has 1 saturated carbocycles. The van der Waals surface area contributed by atoms with Gasteiger partial charge in [0.15, 0.2) is 0 Å². The van der Waals surface area contributed by atoms with Gasteiger partial charge in [0, 0.05) is 13.0 Å². The number of nitrogens with one attached hydrogen (secondary N) is 1. The predicted octanol–water partition coefficient (Wildman–Crippen LogP) is 2.85. The summed E-state index contributed by atoms with van der Waals surface area (Å²) in [6, 6.07) is 11.0. The highest BCUT2D eigenvalue weighted by molar-refractivity contribution is 5.73. The maximum Gasteiger partial charge on any atom is 0.217 e. The smallest absolute Gasteiger partial charge is 0.217 e. The van der Waals surface area contributed by atoms with Crippen molar-refractivity contribution in [2.45, 2.75) is 44.6 Å². The van der Waals surface area contributed by atoms with E-state index in [1.165, 1.54) is 18.4 Å². The van der Waals surface area contributed by atoms with Crippen molar-refractivity contribution >= 4 is 5.91 Å². The van der Waals surface area contributed by atoms with Gasteiger partial charge in [0.1, 0.15) is 0 Å². The molecule has 1 fully saturated rings. The van der Waals surface area contributed by atoms with E-state index >= 15 is 0 Å². The van der Waals surface area contributed by atoms with E-state index in [-0.39, 0.29) is 5.91 Å². The SMILES string of the molecule is CC(=O)N[C@@H]1CCC[C@@H](c2ccccc2)C1. The van der Waals surface area contributed by atoms with Crippen molar-refractivity contribution in [2.75, 3.05) is 0 Å². The van der Waals surface area contributed by atoms with Crippen LogP contribution >= 0.6 is 0 Å². The van der Waals surface area contributed by atoms with Crippen molar-refractivity contribution in [3.8, 4) is 0 Å². The molecule has 1 aromatic carbocycles. The number of benzene rings is 1. The van der Waals surface area contributed by atoms with Gasteiger partial charge in [0.25, 0.3) is 0 Å². The molecule has 1 aliphatic rings. The first-order valence-corrected chi connectivity index (χ1v) is 6.08. The third-order valence-electron chi connectivity index (χ3n) is 3.35. The summed E-state index contributed by atoms with van der Waals surface area (Å²) in [7, 11) is 0. The molecule has 0 spiro atoms. The third-order valence-corrected chi connectivity index (χ3v) is 3.35. The fourth-order valence-corrected chi connectivity index (χ4v) is 2.64. The number of hydrogen-bond acceptors (Lipinski definition) is 1. The van der Waals surface area contributed by atoms with Gasteiger partial charge in [-0.05, 0) is 30.7 Å². The van der Waals surface area contributed by atoms with Crippen molar-refractivity contribution in [3.05, 3.63) is 35.9 Å². The van der Waals surface area contributed by atoms with E-state index in [0.717, 1.165) is 12.8 Å². The predicted molar refractivity (Wildman–Crippen MR) is 65.3 cm³/mol. The molecule has 0 radical (unpaired) electrons. The lowest BCUT2D eigenvalue weighted by Gasteiger charge is -2.29. The van der Waals surface area contributed by atoms with Crippen LogP contribution in [0.1, 0.15) is 44.1 Å². The lowest BCUT2D eigenvalue weighted by Crippen LogP contribution is -2.36. The van der Waals surface area contributed by atoms with Crippen LogP contribution in [0.15, 0.2) is 30.3 Å². The molecule has 1 amide bonds. The minimum Gasteiger partial charge on any atom is -0.354 e. The minimum absolute atomic E-state index is 0.0960. The number of rotatable bonds is 2. The molecule has 1 aromatic rings. The molecule has 1 N–H and O–H groups in total. The minimum atomic E-state index is 0.0960. The van der Waals surface area contributed by atoms with E-state index in [4.69, 9.17) is 0 Å². The van der Waals surface area contributed by atoms with Crippen LogP contribution in [0.4, 0.5) is 0 Å². The molecule has 0 aliphatic heterocycles. The van der Waals surface area contributed by atoms with Crippen LogP contribution in [0, 0.1) is 0 Å². The molecule has 2 atom stereocenters. The summed E-state index contributed by atoms with van der Waals surface area (Å²) in [6.07, 6.45) is 4.68. The van der Waals surface area contributed by atoms with Crippen LogP contribution in [-0.4, -0.2) is 11.9 Å². The van der Waals surface area contributed by atoms with Gasteiger partial charge in [0.05, 0.1) is 0 Å². The molecular weight excluding hydrogens is 198 g/mol. The van der Waals surface area contributed by atoms with Crippen molar-refractivity contribution in [1.29, 1.82) is 0 Å². The van der Waals surface area contributed by atoms with Gasteiger partial charge in [0.2, 0.25) is 5.91 Å². The average molecular weight is 217 g/mol. The highest BCUT2D eigenvalue weighted by atomic mass is 16.1. The second kappa shape index (κ2) is 5.15. The molecule has 0 unspecified atom stereocenters. The summed E-state index contributed by atoms with van der Waals surface area (Å²) in [5, 5.41) is 3.04. The van der Waals surface area contributed by atoms with E-state index < -0.39 is 0 Å². The van der Waals surface area contributed by atoms with Gasteiger partial charge < -0.3 is 5.32 Å². The van der Waals surface area contributed by atoms with Crippen molar-refractivity contribution in [2.24, 2.45) is 0 Å². The number of carbonyl (C=O) groups is 1. The van der Waals surface area contributed by atoms with E-state index in [9.17, 15) is 4.79 Å². The van der Waals surface area contributed by atoms with E-state index in [1.54, 1.807) is 6.92 Å². The van der Waals surface area contributed by atoms with Gasteiger partial charge in [-0.2, -0.15) is 0 Å². The quantitative estimate of drug-likeness (QED) is 0.811. The molecular formula is C14H19NO. The van der Waals surface area contributed by atoms with E-state index in [2.05, 4.69) is 35.6 Å². The van der Waals surface area contributed by atoms with Crippen LogP contribution in [-0.2, 0) is 4.79 Å². The largest absolute Gasteiger partial charge is 0.354 e. The molecule has 2 rings (SSSR count). The number of amides is 1. The molecule has 1 aliphatic carbocycles. The van der Waals surface area contributed by atoms with Crippen molar-refractivity contribution in [3.63, 3.8) is 0 Å². The average Bonchev–Trinajstić information content (AvgIpc) is 2.30. The van der Waals surface area contributed by atoms with E-state index in [1.807, 2.05) is 0 Å². The van der Waals surface area contributed by atoms with E-state index in [0.29, 0.717) is 12.0 Å². The van der Waals surface area contributed by atoms with Crippen LogP contribution in [0.25, 0.3) is 0 Å². The number of carbonyl (C=O) groups excluding carboxylic acids is 1. The first kappa shape index (κ1) is 11.2. The Morgan fingerprint density at radius 1 is 1.25 bits per heavy atom. The van der Waals surface area contributed by atoms with Crippen molar-refractivity contribution in [1.82, 2.24) is 5.32 Å². The summed E-state index contributed by atoms with van der Waals surface area (Å²) >= 11 is 0. The van der Waals surface area contributed by atoms with Crippen LogP contribution in [0.3, 0.4) is 0 Å². The standard InChI is InChI=1S/C14H19NO/c1-11(16)15-14-9-5-8-13(10-14)12-6-3-2-4-7-12/h2-4,6-7,13-14H,5,8-10H2,1H3,(H,15,16)/t13-,14-/m1/s1. The molecule has 0 saturated heterocycles. The maximum atomic E-state index is 11.0. The highest BCUT2D eigenvalue weighted by Crippen LogP contribution is 2.32. The molecule has 0 bridgehead atoms. The third kappa shape index (κ3) is 2.84. The van der Waals surface area contributed by atoms with Crippen molar-refractivity contribution < 1.29 is 4.79 Å². The molecule has 2 heteroatoms. The molecule has 16 heavy (non-hydrogen) atoms. The Morgan fingerprint density at radius 2 is 2.00 bits per heavy atom. The van der Waals surface area contributed by atoms with Crippen LogP contribution < -0.4 is 5.32 Å².